The van der Waals surface area contributed by atoms with Crippen molar-refractivity contribution in [2.75, 3.05) is 0 Å². The molecule has 94 valence electrons. The average Bonchev–Trinajstić information content (AvgIpc) is 2.40. The molecule has 2 aromatic rings. The van der Waals surface area contributed by atoms with E-state index in [4.69, 9.17) is 0 Å². The lowest BCUT2D eigenvalue weighted by Gasteiger charge is -2.13. The second-order valence-electron chi connectivity index (χ2n) is 4.15. The van der Waals surface area contributed by atoms with Crippen LogP contribution in [0.25, 0.3) is 0 Å². The Morgan fingerprint density at radius 3 is 2.56 bits per heavy atom. The van der Waals surface area contributed by atoms with Crippen molar-refractivity contribution in [3.63, 3.8) is 0 Å². The highest BCUT2D eigenvalue weighted by Gasteiger charge is 2.12. The van der Waals surface area contributed by atoms with Crippen molar-refractivity contribution in [3.8, 4) is 0 Å². The number of hydrogen-bond donors (Lipinski definition) is 1. The predicted molar refractivity (Wildman–Crippen MR) is 71.2 cm³/mol. The standard InChI is InChI=1S/C14H15N3O.H2/c1-10-8-16-13(9-15-10)14(18)17-11(2)12-6-4-3-5-7-12;/h3-9,11H,1-2H3,(H,17,18);1H/t11-;/m1./s1. The van der Waals surface area contributed by atoms with Gasteiger partial charge < -0.3 is 5.32 Å². The summed E-state index contributed by atoms with van der Waals surface area (Å²) in [6.07, 6.45) is 3.07. The van der Waals surface area contributed by atoms with E-state index in [2.05, 4.69) is 15.3 Å². The molecule has 0 spiro atoms. The monoisotopic (exact) mass is 243 g/mol. The molecule has 2 rings (SSSR count). The average molecular weight is 243 g/mol. The Morgan fingerprint density at radius 1 is 1.22 bits per heavy atom. The molecule has 18 heavy (non-hydrogen) atoms. The van der Waals surface area contributed by atoms with E-state index in [0.29, 0.717) is 5.69 Å². The highest BCUT2D eigenvalue weighted by molar-refractivity contribution is 5.92. The van der Waals surface area contributed by atoms with Gasteiger partial charge in [0.25, 0.3) is 5.91 Å². The molecule has 0 saturated carbocycles. The zero-order valence-electron chi connectivity index (χ0n) is 10.4. The van der Waals surface area contributed by atoms with Crippen LogP contribution in [0.3, 0.4) is 0 Å². The zero-order chi connectivity index (χ0) is 13.0. The SMILES string of the molecule is Cc1cnc(C(=O)N[C@H](C)c2ccccc2)cn1.[HH]. The fourth-order valence-electron chi connectivity index (χ4n) is 1.61. The number of rotatable bonds is 3. The first kappa shape index (κ1) is 12.2. The molecule has 1 aromatic carbocycles. The van der Waals surface area contributed by atoms with Crippen LogP contribution in [-0.4, -0.2) is 15.9 Å². The summed E-state index contributed by atoms with van der Waals surface area (Å²) < 4.78 is 0. The van der Waals surface area contributed by atoms with Crippen molar-refractivity contribution >= 4 is 5.91 Å². The summed E-state index contributed by atoms with van der Waals surface area (Å²) in [5.41, 5.74) is 2.19. The second kappa shape index (κ2) is 5.40. The number of aryl methyl sites for hydroxylation is 1. The van der Waals surface area contributed by atoms with Gasteiger partial charge in [0.2, 0.25) is 0 Å². The molecule has 1 N–H and O–H groups in total. The van der Waals surface area contributed by atoms with Crippen LogP contribution in [0.4, 0.5) is 0 Å². The van der Waals surface area contributed by atoms with Crippen LogP contribution in [0.1, 0.15) is 36.1 Å². The number of hydrogen-bond acceptors (Lipinski definition) is 3. The van der Waals surface area contributed by atoms with Gasteiger partial charge >= 0.3 is 0 Å². The molecule has 0 aliphatic carbocycles. The van der Waals surface area contributed by atoms with Gasteiger partial charge in [0.05, 0.1) is 17.9 Å². The van der Waals surface area contributed by atoms with Crippen LogP contribution in [0, 0.1) is 6.92 Å². The molecular weight excluding hydrogens is 226 g/mol. The molecule has 4 heteroatoms. The van der Waals surface area contributed by atoms with Crippen LogP contribution >= 0.6 is 0 Å². The summed E-state index contributed by atoms with van der Waals surface area (Å²) in [4.78, 5) is 20.0. The minimum absolute atomic E-state index is 0. The number of aromatic nitrogens is 2. The van der Waals surface area contributed by atoms with Crippen molar-refractivity contribution in [1.82, 2.24) is 15.3 Å². The van der Waals surface area contributed by atoms with Gasteiger partial charge in [-0.2, -0.15) is 0 Å². The summed E-state index contributed by atoms with van der Waals surface area (Å²) in [7, 11) is 0. The van der Waals surface area contributed by atoms with E-state index in [1.807, 2.05) is 44.2 Å². The normalized spacial score (nSPS) is 11.9. The molecule has 1 aromatic heterocycles. The first-order valence-electron chi connectivity index (χ1n) is 5.81. The van der Waals surface area contributed by atoms with Gasteiger partial charge in [-0.1, -0.05) is 30.3 Å². The third-order valence-corrected chi connectivity index (χ3v) is 2.66. The Kier molecular flexibility index (Phi) is 3.67. The lowest BCUT2D eigenvalue weighted by Crippen LogP contribution is -2.27. The molecule has 1 atom stereocenters. The van der Waals surface area contributed by atoms with E-state index < -0.39 is 0 Å². The Hall–Kier alpha value is -2.23. The van der Waals surface area contributed by atoms with Crippen molar-refractivity contribution < 1.29 is 6.22 Å². The van der Waals surface area contributed by atoms with Crippen molar-refractivity contribution in [1.29, 1.82) is 0 Å². The highest BCUT2D eigenvalue weighted by Crippen LogP contribution is 2.11. The Balaban J connectivity index is 0.00000180. The fraction of sp³-hybridized carbons (Fsp3) is 0.214. The summed E-state index contributed by atoms with van der Waals surface area (Å²) in [6, 6.07) is 9.75. The maximum Gasteiger partial charge on any atom is 0.271 e. The quantitative estimate of drug-likeness (QED) is 0.901. The van der Waals surface area contributed by atoms with E-state index in [-0.39, 0.29) is 13.4 Å². The molecule has 4 nitrogen and oxygen atoms in total. The number of amides is 1. The maximum absolute atomic E-state index is 11.9. The van der Waals surface area contributed by atoms with Crippen LogP contribution in [0.15, 0.2) is 42.7 Å². The molecule has 0 aliphatic rings. The van der Waals surface area contributed by atoms with Gasteiger partial charge in [-0.05, 0) is 19.4 Å². The first-order chi connectivity index (χ1) is 8.66. The lowest BCUT2D eigenvalue weighted by atomic mass is 10.1. The fourth-order valence-corrected chi connectivity index (χ4v) is 1.61. The largest absolute Gasteiger partial charge is 0.344 e. The molecule has 0 unspecified atom stereocenters. The summed E-state index contributed by atoms with van der Waals surface area (Å²) in [5.74, 6) is -0.209. The minimum atomic E-state index is -0.209. The predicted octanol–water partition coefficient (Wildman–Crippen LogP) is 2.52. The van der Waals surface area contributed by atoms with Crippen molar-refractivity contribution in [2.45, 2.75) is 19.9 Å². The molecule has 0 fully saturated rings. The van der Waals surface area contributed by atoms with Crippen LogP contribution in [-0.2, 0) is 0 Å². The van der Waals surface area contributed by atoms with E-state index in [1.54, 1.807) is 6.20 Å². The third kappa shape index (κ3) is 2.91. The summed E-state index contributed by atoms with van der Waals surface area (Å²) in [6.45, 7) is 3.77. The van der Waals surface area contributed by atoms with Gasteiger partial charge in [-0.3, -0.25) is 9.78 Å². The van der Waals surface area contributed by atoms with Gasteiger partial charge in [-0.15, -0.1) is 0 Å². The van der Waals surface area contributed by atoms with E-state index in [0.717, 1.165) is 11.3 Å². The topological polar surface area (TPSA) is 54.9 Å². The Morgan fingerprint density at radius 2 is 1.94 bits per heavy atom. The third-order valence-electron chi connectivity index (χ3n) is 2.66. The lowest BCUT2D eigenvalue weighted by molar-refractivity contribution is 0.0934. The van der Waals surface area contributed by atoms with E-state index >= 15 is 0 Å². The molecule has 0 radical (unpaired) electrons. The van der Waals surface area contributed by atoms with Gasteiger partial charge in [-0.25, -0.2) is 4.98 Å². The molecule has 0 aliphatic heterocycles. The number of nitrogens with zero attached hydrogens (tertiary/aromatic N) is 2. The van der Waals surface area contributed by atoms with Crippen molar-refractivity contribution in [2.24, 2.45) is 0 Å². The highest BCUT2D eigenvalue weighted by atomic mass is 16.1. The first-order valence-corrected chi connectivity index (χ1v) is 5.81. The molecule has 0 saturated heterocycles. The van der Waals surface area contributed by atoms with Gasteiger partial charge in [0.15, 0.2) is 0 Å². The number of nitrogens with one attached hydrogen (secondary N) is 1. The van der Waals surface area contributed by atoms with Crippen LogP contribution < -0.4 is 5.32 Å². The smallest absolute Gasteiger partial charge is 0.271 e. The van der Waals surface area contributed by atoms with E-state index in [1.165, 1.54) is 6.20 Å². The summed E-state index contributed by atoms with van der Waals surface area (Å²) in [5, 5.41) is 2.89. The molecule has 1 heterocycles. The molecular formula is C14H17N3O. The Bertz CT molecular complexity index is 528. The van der Waals surface area contributed by atoms with Crippen LogP contribution in [0.5, 0.6) is 0 Å². The number of benzene rings is 1. The summed E-state index contributed by atoms with van der Waals surface area (Å²) >= 11 is 0. The Labute approximate surface area is 108 Å². The number of carbonyl (C=O) groups is 1. The van der Waals surface area contributed by atoms with E-state index in [9.17, 15) is 4.79 Å². The second-order valence-corrected chi connectivity index (χ2v) is 4.15. The van der Waals surface area contributed by atoms with Crippen molar-refractivity contribution in [3.05, 3.63) is 59.7 Å². The maximum atomic E-state index is 11.9. The van der Waals surface area contributed by atoms with Gasteiger partial charge in [0.1, 0.15) is 5.69 Å². The molecule has 1 amide bonds. The minimum Gasteiger partial charge on any atom is -0.344 e. The molecule has 0 bridgehead atoms. The number of carbonyl (C=O) groups excluding carboxylic acids is 1. The zero-order valence-corrected chi connectivity index (χ0v) is 10.4. The van der Waals surface area contributed by atoms with Gasteiger partial charge in [0, 0.05) is 7.62 Å². The van der Waals surface area contributed by atoms with Crippen LogP contribution in [0.2, 0.25) is 0 Å².